The monoisotopic (exact) mass is 416 g/mol. The number of aromatic amines is 1. The zero-order valence-corrected chi connectivity index (χ0v) is 17.6. The van der Waals surface area contributed by atoms with Crippen LogP contribution < -0.4 is 34.1 Å². The number of rotatable bonds is 4. The van der Waals surface area contributed by atoms with E-state index in [1.807, 2.05) is 0 Å². The van der Waals surface area contributed by atoms with E-state index < -0.39 is 0 Å². The summed E-state index contributed by atoms with van der Waals surface area (Å²) in [6.07, 6.45) is 5.04. The lowest BCUT2D eigenvalue weighted by Gasteiger charge is -2.11. The smallest absolute Gasteiger partial charge is 0.368 e. The van der Waals surface area contributed by atoms with Gasteiger partial charge >= 0.3 is 5.78 Å². The van der Waals surface area contributed by atoms with Crippen LogP contribution in [0.15, 0.2) is 54.7 Å². The summed E-state index contributed by atoms with van der Waals surface area (Å²) in [5, 5.41) is 0. The predicted octanol–water partition coefficient (Wildman–Crippen LogP) is -3.63. The molecule has 5 rings (SSSR count). The van der Waals surface area contributed by atoms with Gasteiger partial charge < -0.3 is 29.7 Å². The number of aromatic nitrogens is 3. The molecule has 0 spiro atoms. The van der Waals surface area contributed by atoms with E-state index in [4.69, 9.17) is 0 Å². The van der Waals surface area contributed by atoms with E-state index in [1.54, 1.807) is 4.90 Å². The van der Waals surface area contributed by atoms with Gasteiger partial charge in [-0.15, -0.1) is 0 Å². The van der Waals surface area contributed by atoms with Crippen molar-refractivity contribution in [1.29, 1.82) is 0 Å². The van der Waals surface area contributed by atoms with Crippen LogP contribution in [0.5, 0.6) is 0 Å². The van der Waals surface area contributed by atoms with Crippen LogP contribution in [-0.4, -0.2) is 29.2 Å². The quantitative estimate of drug-likeness (QED) is 0.321. The zero-order valence-electron chi connectivity index (χ0n) is 16.1. The Labute approximate surface area is 178 Å². The maximum Gasteiger partial charge on any atom is 0.368 e. The van der Waals surface area contributed by atoms with Crippen LogP contribution in [0.1, 0.15) is 18.4 Å². The Kier molecular flexibility index (Phi) is 6.33. The molecule has 0 unspecified atom stereocenters. The lowest BCUT2D eigenvalue weighted by Crippen LogP contribution is -3.10. The van der Waals surface area contributed by atoms with Crippen molar-refractivity contribution >= 4 is 16.8 Å². The Bertz CT molecular complexity index is 1060. The molecule has 3 heterocycles. The largest absolute Gasteiger partial charge is 1.00 e. The first-order chi connectivity index (χ1) is 12.8. The summed E-state index contributed by atoms with van der Waals surface area (Å²) in [5.74, 6) is 1.18. The van der Waals surface area contributed by atoms with Crippen molar-refractivity contribution in [3.05, 3.63) is 60.3 Å². The summed E-state index contributed by atoms with van der Waals surface area (Å²) in [4.78, 5) is 5.38. The fourth-order valence-corrected chi connectivity index (χ4v) is 4.29. The molecular formula is C22H26Cl2N4. The van der Waals surface area contributed by atoms with Gasteiger partial charge in [0, 0.05) is 18.4 Å². The van der Waals surface area contributed by atoms with Crippen LogP contribution in [-0.2, 0) is 6.54 Å². The second kappa shape index (κ2) is 8.56. The molecule has 0 atom stereocenters. The average molecular weight is 417 g/mol. The molecule has 0 radical (unpaired) electrons. The van der Waals surface area contributed by atoms with Crippen LogP contribution in [0.3, 0.4) is 0 Å². The van der Waals surface area contributed by atoms with Crippen molar-refractivity contribution in [2.24, 2.45) is 0 Å². The Balaban J connectivity index is 0.00000112. The van der Waals surface area contributed by atoms with Gasteiger partial charge in [0.05, 0.1) is 13.1 Å². The van der Waals surface area contributed by atoms with Crippen molar-refractivity contribution in [2.75, 3.05) is 19.6 Å². The number of aryl methyl sites for hydroxylation is 1. The molecule has 2 aromatic heterocycles. The highest BCUT2D eigenvalue weighted by Gasteiger charge is 2.24. The molecule has 2 N–H and O–H groups in total. The third-order valence-electron chi connectivity index (χ3n) is 5.78. The minimum Gasteiger partial charge on any atom is -1.00 e. The van der Waals surface area contributed by atoms with Crippen LogP contribution >= 0.6 is 0 Å². The number of para-hydroxylation sites is 2. The van der Waals surface area contributed by atoms with Gasteiger partial charge in [0.2, 0.25) is 0 Å². The topological polar surface area (TPSA) is 29.3 Å². The minimum atomic E-state index is 0. The highest BCUT2D eigenvalue weighted by molar-refractivity contribution is 5.74. The zero-order chi connectivity index (χ0) is 17.5. The van der Waals surface area contributed by atoms with E-state index in [0.717, 1.165) is 6.54 Å². The molecule has 28 heavy (non-hydrogen) atoms. The summed E-state index contributed by atoms with van der Waals surface area (Å²) in [7, 11) is 0. The van der Waals surface area contributed by atoms with Gasteiger partial charge in [0.15, 0.2) is 0 Å². The Morgan fingerprint density at radius 1 is 1.00 bits per heavy atom. The van der Waals surface area contributed by atoms with Gasteiger partial charge in [0.25, 0.3) is 0 Å². The number of nitrogens with zero attached hydrogens (tertiary/aromatic N) is 2. The van der Waals surface area contributed by atoms with Crippen LogP contribution in [0, 0.1) is 6.92 Å². The van der Waals surface area contributed by atoms with Crippen LogP contribution in [0.2, 0.25) is 0 Å². The Morgan fingerprint density at radius 3 is 2.46 bits per heavy atom. The van der Waals surface area contributed by atoms with E-state index in [-0.39, 0.29) is 24.8 Å². The molecule has 1 fully saturated rings. The SMILES string of the molecule is Cc1ccc(-c2c[n+]3c4ccccc4[nH]c3n2CC[NH+]2CCCC2)cc1.[Cl-].[Cl-]. The molecule has 2 aromatic carbocycles. The number of nitrogens with one attached hydrogen (secondary N) is 2. The van der Waals surface area contributed by atoms with E-state index in [9.17, 15) is 0 Å². The second-order valence-electron chi connectivity index (χ2n) is 7.57. The number of quaternary nitrogens is 1. The molecule has 0 bridgehead atoms. The number of halogens is 2. The van der Waals surface area contributed by atoms with E-state index >= 15 is 0 Å². The second-order valence-corrected chi connectivity index (χ2v) is 7.57. The van der Waals surface area contributed by atoms with Gasteiger partial charge in [-0.05, 0) is 19.1 Å². The van der Waals surface area contributed by atoms with Crippen LogP contribution in [0.25, 0.3) is 28.1 Å². The Hall–Kier alpha value is -2.01. The number of likely N-dealkylation sites (tertiary alicyclic amines) is 1. The maximum atomic E-state index is 3.64. The molecule has 0 aliphatic carbocycles. The van der Waals surface area contributed by atoms with Crippen molar-refractivity contribution in [2.45, 2.75) is 26.3 Å². The fourth-order valence-electron chi connectivity index (χ4n) is 4.29. The van der Waals surface area contributed by atoms with Crippen molar-refractivity contribution < 1.29 is 34.1 Å². The van der Waals surface area contributed by atoms with Crippen molar-refractivity contribution in [3.63, 3.8) is 0 Å². The van der Waals surface area contributed by atoms with Crippen LogP contribution in [0.4, 0.5) is 0 Å². The molecule has 4 aromatic rings. The van der Waals surface area contributed by atoms with Gasteiger partial charge in [-0.25, -0.2) is 9.55 Å². The first kappa shape index (κ1) is 20.7. The van der Waals surface area contributed by atoms with Crippen molar-refractivity contribution in [3.8, 4) is 11.3 Å². The van der Waals surface area contributed by atoms with Gasteiger partial charge in [-0.3, -0.25) is 0 Å². The molecule has 6 heteroatoms. The number of H-pyrrole nitrogens is 1. The normalized spacial score (nSPS) is 14.3. The first-order valence-corrected chi connectivity index (χ1v) is 9.72. The highest BCUT2D eigenvalue weighted by atomic mass is 35.5. The summed E-state index contributed by atoms with van der Waals surface area (Å²) in [6.45, 7) is 7.03. The maximum absolute atomic E-state index is 3.64. The third-order valence-corrected chi connectivity index (χ3v) is 5.78. The number of imidazole rings is 2. The third kappa shape index (κ3) is 3.64. The highest BCUT2D eigenvalue weighted by Crippen LogP contribution is 2.22. The summed E-state index contributed by atoms with van der Waals surface area (Å²) in [6, 6.07) is 17.4. The first-order valence-electron chi connectivity index (χ1n) is 9.72. The molecule has 0 amide bonds. The number of fused-ring (bicyclic) bond motifs is 3. The molecule has 1 aliphatic heterocycles. The lowest BCUT2D eigenvalue weighted by molar-refractivity contribution is -0.888. The molecular weight excluding hydrogens is 391 g/mol. The fraction of sp³-hybridized carbons (Fsp3) is 0.318. The molecule has 4 nitrogen and oxygen atoms in total. The summed E-state index contributed by atoms with van der Waals surface area (Å²) in [5.41, 5.74) is 6.31. The van der Waals surface area contributed by atoms with Gasteiger partial charge in [-0.2, -0.15) is 4.40 Å². The standard InChI is InChI=1S/C22H24N4.2ClH/c1-17-8-10-18(11-9-17)21-16-26-20-7-3-2-6-19(20)23-22(26)25(21)15-14-24-12-4-5-13-24;;/h2-3,6-11,16H,4-5,12-15H2,1H3;2*1H. The van der Waals surface area contributed by atoms with E-state index in [0.29, 0.717) is 0 Å². The molecule has 1 saturated heterocycles. The molecule has 1 aliphatic rings. The number of hydrogen-bond donors (Lipinski definition) is 2. The Morgan fingerprint density at radius 2 is 1.71 bits per heavy atom. The van der Waals surface area contributed by atoms with E-state index in [1.165, 1.54) is 66.1 Å². The summed E-state index contributed by atoms with van der Waals surface area (Å²) < 4.78 is 4.78. The lowest BCUT2D eigenvalue weighted by atomic mass is 10.1. The average Bonchev–Trinajstić information content (AvgIpc) is 3.36. The number of hydrogen-bond acceptors (Lipinski definition) is 0. The molecule has 148 valence electrons. The minimum absolute atomic E-state index is 0. The number of benzene rings is 2. The predicted molar refractivity (Wildman–Crippen MR) is 104 cm³/mol. The van der Waals surface area contributed by atoms with Gasteiger partial charge in [0.1, 0.15) is 36.0 Å². The summed E-state index contributed by atoms with van der Waals surface area (Å²) >= 11 is 0. The van der Waals surface area contributed by atoms with E-state index in [2.05, 4.69) is 75.6 Å². The molecule has 0 saturated carbocycles. The van der Waals surface area contributed by atoms with Gasteiger partial charge in [-0.1, -0.05) is 42.0 Å². The van der Waals surface area contributed by atoms with Crippen molar-refractivity contribution in [1.82, 2.24) is 9.55 Å².